The van der Waals surface area contributed by atoms with Gasteiger partial charge in [-0.25, -0.2) is 4.79 Å². The predicted molar refractivity (Wildman–Crippen MR) is 69.8 cm³/mol. The van der Waals surface area contributed by atoms with Crippen LogP contribution in [0.2, 0.25) is 0 Å². The molecule has 0 heterocycles. The Morgan fingerprint density at radius 3 is 2.74 bits per heavy atom. The van der Waals surface area contributed by atoms with Crippen molar-refractivity contribution in [3.8, 4) is 0 Å². The van der Waals surface area contributed by atoms with E-state index in [1.54, 1.807) is 14.0 Å². The highest BCUT2D eigenvalue weighted by Crippen LogP contribution is 2.27. The number of methoxy groups -OCH3 is 1. The summed E-state index contributed by atoms with van der Waals surface area (Å²) in [5.41, 5.74) is 0.579. The van der Waals surface area contributed by atoms with Crippen LogP contribution in [-0.4, -0.2) is 36.3 Å². The molecule has 7 heteroatoms. The first kappa shape index (κ1) is 14.9. The van der Waals surface area contributed by atoms with E-state index in [2.05, 4.69) is 5.32 Å². The number of carbonyl (C=O) groups is 1. The third-order valence-electron chi connectivity index (χ3n) is 2.66. The van der Waals surface area contributed by atoms with E-state index in [9.17, 15) is 14.9 Å². The highest BCUT2D eigenvalue weighted by atomic mass is 16.6. The number of rotatable bonds is 7. The van der Waals surface area contributed by atoms with Crippen molar-refractivity contribution in [3.05, 3.63) is 33.4 Å². The quantitative estimate of drug-likeness (QED) is 0.446. The molecule has 104 valence electrons. The Hall–Kier alpha value is -2.15. The number of nitrogens with one attached hydrogen (secondary N) is 1. The van der Waals surface area contributed by atoms with Crippen LogP contribution in [-0.2, 0) is 4.74 Å². The SMILES string of the molecule is COCCCNc1cc(C(=O)O)cc([N+](=O)[O-])c1C. The first-order valence-corrected chi connectivity index (χ1v) is 5.72. The number of nitrogens with zero attached hydrogens (tertiary/aromatic N) is 1. The number of aromatic carboxylic acids is 1. The fourth-order valence-corrected chi connectivity index (χ4v) is 1.64. The van der Waals surface area contributed by atoms with E-state index in [-0.39, 0.29) is 11.3 Å². The van der Waals surface area contributed by atoms with E-state index in [4.69, 9.17) is 9.84 Å². The lowest BCUT2D eigenvalue weighted by Crippen LogP contribution is -2.09. The lowest BCUT2D eigenvalue weighted by molar-refractivity contribution is -0.385. The average molecular weight is 268 g/mol. The van der Waals surface area contributed by atoms with E-state index < -0.39 is 10.9 Å². The summed E-state index contributed by atoms with van der Waals surface area (Å²) in [6, 6.07) is 2.47. The van der Waals surface area contributed by atoms with Crippen molar-refractivity contribution in [2.45, 2.75) is 13.3 Å². The van der Waals surface area contributed by atoms with Crippen LogP contribution in [0.4, 0.5) is 11.4 Å². The van der Waals surface area contributed by atoms with Gasteiger partial charge in [-0.2, -0.15) is 0 Å². The number of carboxylic acid groups (broad SMARTS) is 1. The Morgan fingerprint density at radius 2 is 2.21 bits per heavy atom. The summed E-state index contributed by atoms with van der Waals surface area (Å²) in [4.78, 5) is 21.3. The van der Waals surface area contributed by atoms with Crippen LogP contribution in [0.5, 0.6) is 0 Å². The number of hydrogen-bond donors (Lipinski definition) is 2. The summed E-state index contributed by atoms with van der Waals surface area (Å²) in [5, 5.41) is 22.8. The standard InChI is InChI=1S/C12H16N2O5/c1-8-10(13-4-3-5-19-2)6-9(12(15)16)7-11(8)14(17)18/h6-7,13H,3-5H2,1-2H3,(H,15,16). The average Bonchev–Trinajstić information content (AvgIpc) is 2.35. The van der Waals surface area contributed by atoms with Crippen LogP contribution in [0.1, 0.15) is 22.3 Å². The zero-order valence-corrected chi connectivity index (χ0v) is 10.8. The minimum atomic E-state index is -1.19. The monoisotopic (exact) mass is 268 g/mol. The highest BCUT2D eigenvalue weighted by molar-refractivity contribution is 5.90. The predicted octanol–water partition coefficient (Wildman–Crippen LogP) is 2.05. The van der Waals surface area contributed by atoms with Gasteiger partial charge in [-0.05, 0) is 19.4 Å². The molecule has 0 unspecified atom stereocenters. The molecule has 0 fully saturated rings. The zero-order chi connectivity index (χ0) is 14.4. The second-order valence-corrected chi connectivity index (χ2v) is 4.00. The van der Waals surface area contributed by atoms with Crippen LogP contribution in [0.15, 0.2) is 12.1 Å². The molecule has 1 aromatic rings. The second-order valence-electron chi connectivity index (χ2n) is 4.00. The van der Waals surface area contributed by atoms with Crippen LogP contribution in [0.25, 0.3) is 0 Å². The summed E-state index contributed by atoms with van der Waals surface area (Å²) in [6.07, 6.45) is 0.723. The van der Waals surface area contributed by atoms with E-state index in [1.807, 2.05) is 0 Å². The molecule has 0 spiro atoms. The molecule has 0 aliphatic rings. The van der Waals surface area contributed by atoms with Crippen molar-refractivity contribution >= 4 is 17.3 Å². The van der Waals surface area contributed by atoms with Crippen molar-refractivity contribution < 1.29 is 19.6 Å². The first-order chi connectivity index (χ1) is 8.97. The van der Waals surface area contributed by atoms with Crippen LogP contribution < -0.4 is 5.32 Å². The number of anilines is 1. The number of nitro groups is 1. The summed E-state index contributed by atoms with van der Waals surface area (Å²) >= 11 is 0. The third-order valence-corrected chi connectivity index (χ3v) is 2.66. The maximum Gasteiger partial charge on any atom is 0.336 e. The van der Waals surface area contributed by atoms with Crippen molar-refractivity contribution in [2.75, 3.05) is 25.6 Å². The molecule has 0 atom stereocenters. The maximum atomic E-state index is 10.9. The number of nitro benzene ring substituents is 1. The molecule has 1 rings (SSSR count). The molecule has 0 aliphatic heterocycles. The van der Waals surface area contributed by atoms with E-state index >= 15 is 0 Å². The van der Waals surface area contributed by atoms with Crippen LogP contribution in [0.3, 0.4) is 0 Å². The van der Waals surface area contributed by atoms with Crippen molar-refractivity contribution in [3.63, 3.8) is 0 Å². The summed E-state index contributed by atoms with van der Waals surface area (Å²) < 4.78 is 4.89. The van der Waals surface area contributed by atoms with Gasteiger partial charge in [0, 0.05) is 37.6 Å². The molecular weight excluding hydrogens is 252 g/mol. The molecule has 0 aromatic heterocycles. The van der Waals surface area contributed by atoms with Gasteiger partial charge in [-0.15, -0.1) is 0 Å². The fraction of sp³-hybridized carbons (Fsp3) is 0.417. The molecule has 0 saturated carbocycles. The minimum absolute atomic E-state index is 0.105. The molecule has 0 radical (unpaired) electrons. The third kappa shape index (κ3) is 3.92. The second kappa shape index (κ2) is 6.69. The fourth-order valence-electron chi connectivity index (χ4n) is 1.64. The Kier molecular flexibility index (Phi) is 5.25. The lowest BCUT2D eigenvalue weighted by atomic mass is 10.1. The number of carboxylic acids is 1. The molecule has 7 nitrogen and oxygen atoms in total. The first-order valence-electron chi connectivity index (χ1n) is 5.72. The zero-order valence-electron chi connectivity index (χ0n) is 10.8. The van der Waals surface area contributed by atoms with Crippen LogP contribution in [0, 0.1) is 17.0 Å². The van der Waals surface area contributed by atoms with Gasteiger partial charge in [0.15, 0.2) is 0 Å². The Bertz CT molecular complexity index is 487. The molecule has 0 saturated heterocycles. The molecule has 19 heavy (non-hydrogen) atoms. The van der Waals surface area contributed by atoms with Crippen molar-refractivity contribution in [2.24, 2.45) is 0 Å². The lowest BCUT2D eigenvalue weighted by Gasteiger charge is -2.10. The number of benzene rings is 1. The maximum absolute atomic E-state index is 10.9. The van der Waals surface area contributed by atoms with Gasteiger partial charge in [-0.1, -0.05) is 0 Å². The Labute approximate surface area is 110 Å². The largest absolute Gasteiger partial charge is 0.478 e. The summed E-state index contributed by atoms with van der Waals surface area (Å²) in [7, 11) is 1.58. The van der Waals surface area contributed by atoms with Crippen LogP contribution >= 0.6 is 0 Å². The molecule has 0 bridgehead atoms. The molecule has 1 aromatic carbocycles. The van der Waals surface area contributed by atoms with E-state index in [1.165, 1.54) is 6.07 Å². The molecule has 0 amide bonds. The summed E-state index contributed by atoms with van der Waals surface area (Å²) in [5.74, 6) is -1.19. The Balaban J connectivity index is 3.01. The van der Waals surface area contributed by atoms with Gasteiger partial charge in [0.2, 0.25) is 0 Å². The van der Waals surface area contributed by atoms with Gasteiger partial charge in [0.1, 0.15) is 0 Å². The minimum Gasteiger partial charge on any atom is -0.478 e. The van der Waals surface area contributed by atoms with E-state index in [0.717, 1.165) is 12.5 Å². The Morgan fingerprint density at radius 1 is 1.53 bits per heavy atom. The topological polar surface area (TPSA) is 102 Å². The van der Waals surface area contributed by atoms with E-state index in [0.29, 0.717) is 24.4 Å². The van der Waals surface area contributed by atoms with Crippen molar-refractivity contribution in [1.82, 2.24) is 0 Å². The smallest absolute Gasteiger partial charge is 0.336 e. The van der Waals surface area contributed by atoms with Crippen molar-refractivity contribution in [1.29, 1.82) is 0 Å². The van der Waals surface area contributed by atoms with Gasteiger partial charge >= 0.3 is 5.97 Å². The van der Waals surface area contributed by atoms with Gasteiger partial charge < -0.3 is 15.2 Å². The normalized spacial score (nSPS) is 10.2. The van der Waals surface area contributed by atoms with Gasteiger partial charge in [0.05, 0.1) is 10.5 Å². The number of hydrogen-bond acceptors (Lipinski definition) is 5. The molecular formula is C12H16N2O5. The molecule has 0 aliphatic carbocycles. The van der Waals surface area contributed by atoms with Gasteiger partial charge in [-0.3, -0.25) is 10.1 Å². The highest BCUT2D eigenvalue weighted by Gasteiger charge is 2.18. The summed E-state index contributed by atoms with van der Waals surface area (Å²) in [6.45, 7) is 2.70. The molecule has 2 N–H and O–H groups in total. The van der Waals surface area contributed by atoms with Gasteiger partial charge in [0.25, 0.3) is 5.69 Å². The number of ether oxygens (including phenoxy) is 1.